The number of benzene rings is 1. The van der Waals surface area contributed by atoms with Gasteiger partial charge in [0.15, 0.2) is 0 Å². The maximum atomic E-state index is 9.22. The molecule has 0 unspecified atom stereocenters. The summed E-state index contributed by atoms with van der Waals surface area (Å²) in [6.45, 7) is 0. The summed E-state index contributed by atoms with van der Waals surface area (Å²) in [5.74, 6) is 0.176. The van der Waals surface area contributed by atoms with Gasteiger partial charge in [0.05, 0.1) is 5.69 Å². The highest BCUT2D eigenvalue weighted by atomic mass is 16.3. The summed E-state index contributed by atoms with van der Waals surface area (Å²) in [6.07, 6.45) is 4.98. The van der Waals surface area contributed by atoms with Crippen molar-refractivity contribution in [1.29, 1.82) is 0 Å². The molecule has 0 fully saturated rings. The number of phenolic OH excluding ortho intramolecular Hbond substituents is 1. The molecule has 1 aromatic rings. The van der Waals surface area contributed by atoms with Crippen molar-refractivity contribution in [1.82, 2.24) is 0 Å². The van der Waals surface area contributed by atoms with Gasteiger partial charge < -0.3 is 10.8 Å². The molecule has 2 rings (SSSR count). The summed E-state index contributed by atoms with van der Waals surface area (Å²) in [5.41, 5.74) is 8.26. The largest absolute Gasteiger partial charge is 0.506 e. The Hall–Kier alpha value is -1.44. The zero-order chi connectivity index (χ0) is 7.84. The van der Waals surface area contributed by atoms with Gasteiger partial charge in [-0.3, -0.25) is 0 Å². The quantitative estimate of drug-likeness (QED) is 0.432. The highest BCUT2D eigenvalue weighted by Gasteiger charge is 2.07. The first kappa shape index (κ1) is 6.28. The van der Waals surface area contributed by atoms with Gasteiger partial charge in [-0.2, -0.15) is 0 Å². The molecule has 0 amide bonds. The van der Waals surface area contributed by atoms with Gasteiger partial charge in [-0.1, -0.05) is 12.2 Å². The Morgan fingerprint density at radius 2 is 2.18 bits per heavy atom. The number of hydrogen-bond donors (Lipinski definition) is 2. The highest BCUT2D eigenvalue weighted by molar-refractivity contribution is 5.67. The zero-order valence-electron chi connectivity index (χ0n) is 6.04. The van der Waals surface area contributed by atoms with E-state index < -0.39 is 0 Å². The molecule has 2 nitrogen and oxygen atoms in total. The molecule has 0 aromatic heterocycles. The summed E-state index contributed by atoms with van der Waals surface area (Å²) in [5, 5.41) is 9.22. The van der Waals surface area contributed by atoms with Crippen LogP contribution in [0.1, 0.15) is 11.1 Å². The molecule has 1 aliphatic rings. The van der Waals surface area contributed by atoms with Crippen LogP contribution in [0.3, 0.4) is 0 Å². The van der Waals surface area contributed by atoms with Crippen molar-refractivity contribution in [2.45, 2.75) is 6.42 Å². The molecule has 0 heterocycles. The Morgan fingerprint density at radius 3 is 3.00 bits per heavy atom. The van der Waals surface area contributed by atoms with Crippen LogP contribution >= 0.6 is 0 Å². The zero-order valence-corrected chi connectivity index (χ0v) is 6.04. The van der Waals surface area contributed by atoms with Crippen molar-refractivity contribution in [3.63, 3.8) is 0 Å². The van der Waals surface area contributed by atoms with E-state index in [-0.39, 0.29) is 5.75 Å². The van der Waals surface area contributed by atoms with Crippen molar-refractivity contribution < 1.29 is 5.11 Å². The molecular weight excluding hydrogens is 138 g/mol. The van der Waals surface area contributed by atoms with Gasteiger partial charge >= 0.3 is 0 Å². The molecule has 1 aliphatic carbocycles. The lowest BCUT2D eigenvalue weighted by molar-refractivity contribution is 0.478. The molecule has 56 valence electrons. The number of phenols is 1. The second-order valence-corrected chi connectivity index (χ2v) is 2.72. The summed E-state index contributed by atoms with van der Waals surface area (Å²) >= 11 is 0. The van der Waals surface area contributed by atoms with Crippen molar-refractivity contribution in [3.05, 3.63) is 29.3 Å². The van der Waals surface area contributed by atoms with Crippen LogP contribution < -0.4 is 5.73 Å². The molecule has 0 saturated carbocycles. The molecule has 0 aliphatic heterocycles. The normalized spacial score (nSPS) is 13.5. The summed E-state index contributed by atoms with van der Waals surface area (Å²) < 4.78 is 0. The maximum Gasteiger partial charge on any atom is 0.139 e. The van der Waals surface area contributed by atoms with Gasteiger partial charge in [-0.25, -0.2) is 0 Å². The smallest absolute Gasteiger partial charge is 0.139 e. The fourth-order valence-electron chi connectivity index (χ4n) is 1.31. The van der Waals surface area contributed by atoms with Gasteiger partial charge in [0.1, 0.15) is 5.75 Å². The van der Waals surface area contributed by atoms with Crippen LogP contribution in [0.5, 0.6) is 5.75 Å². The van der Waals surface area contributed by atoms with Gasteiger partial charge in [0, 0.05) is 0 Å². The Morgan fingerprint density at radius 1 is 1.36 bits per heavy atom. The van der Waals surface area contributed by atoms with E-state index in [2.05, 4.69) is 6.08 Å². The SMILES string of the molecule is Nc1cc2c(cc1O)C=CC2. The van der Waals surface area contributed by atoms with Crippen molar-refractivity contribution in [2.75, 3.05) is 5.73 Å². The second-order valence-electron chi connectivity index (χ2n) is 2.72. The average Bonchev–Trinajstić information content (AvgIpc) is 2.36. The van der Waals surface area contributed by atoms with E-state index in [0.717, 1.165) is 12.0 Å². The lowest BCUT2D eigenvalue weighted by Crippen LogP contribution is -1.89. The topological polar surface area (TPSA) is 46.2 Å². The van der Waals surface area contributed by atoms with Gasteiger partial charge in [-0.05, 0) is 29.7 Å². The number of aromatic hydroxyl groups is 1. The predicted molar refractivity (Wildman–Crippen MR) is 45.3 cm³/mol. The molecule has 3 N–H and O–H groups in total. The Labute approximate surface area is 65.0 Å². The van der Waals surface area contributed by atoms with E-state index in [1.807, 2.05) is 12.1 Å². The number of fused-ring (bicyclic) bond motifs is 1. The predicted octanol–water partition coefficient (Wildman–Crippen LogP) is 1.54. The molecule has 2 heteroatoms. The van der Waals surface area contributed by atoms with E-state index in [4.69, 9.17) is 5.73 Å². The number of hydrogen-bond acceptors (Lipinski definition) is 2. The first-order chi connectivity index (χ1) is 5.27. The third kappa shape index (κ3) is 0.871. The number of allylic oxidation sites excluding steroid dienone is 1. The lowest BCUT2D eigenvalue weighted by atomic mass is 10.1. The van der Waals surface area contributed by atoms with E-state index in [1.165, 1.54) is 5.56 Å². The molecule has 1 aromatic carbocycles. The van der Waals surface area contributed by atoms with Crippen LogP contribution in [0.15, 0.2) is 18.2 Å². The summed E-state index contributed by atoms with van der Waals surface area (Å²) in [4.78, 5) is 0. The molecular formula is C9H9NO. The van der Waals surface area contributed by atoms with Crippen LogP contribution in [0, 0.1) is 0 Å². The minimum Gasteiger partial charge on any atom is -0.506 e. The van der Waals surface area contributed by atoms with Crippen LogP contribution in [0.2, 0.25) is 0 Å². The lowest BCUT2D eigenvalue weighted by Gasteiger charge is -2.02. The van der Waals surface area contributed by atoms with Crippen molar-refractivity contribution >= 4 is 11.8 Å². The van der Waals surface area contributed by atoms with Crippen LogP contribution in [0.25, 0.3) is 6.08 Å². The fourth-order valence-corrected chi connectivity index (χ4v) is 1.31. The summed E-state index contributed by atoms with van der Waals surface area (Å²) in [6, 6.07) is 3.53. The molecule has 11 heavy (non-hydrogen) atoms. The van der Waals surface area contributed by atoms with Crippen LogP contribution in [-0.4, -0.2) is 5.11 Å². The van der Waals surface area contributed by atoms with E-state index in [9.17, 15) is 5.11 Å². The Balaban J connectivity index is 2.63. The van der Waals surface area contributed by atoms with Crippen LogP contribution in [0.4, 0.5) is 5.69 Å². The Bertz CT molecular complexity index is 329. The third-order valence-corrected chi connectivity index (χ3v) is 1.92. The van der Waals surface area contributed by atoms with E-state index in [0.29, 0.717) is 5.69 Å². The first-order valence-corrected chi connectivity index (χ1v) is 3.55. The number of anilines is 1. The van der Waals surface area contributed by atoms with Gasteiger partial charge in [-0.15, -0.1) is 0 Å². The number of nitrogens with two attached hydrogens (primary N) is 1. The molecule has 0 saturated heterocycles. The number of rotatable bonds is 0. The van der Waals surface area contributed by atoms with Gasteiger partial charge in [0.2, 0.25) is 0 Å². The standard InChI is InChI=1S/C9H9NO/c10-8-4-6-2-1-3-7(6)5-9(8)11/h1,3-5,11H,2,10H2. The third-order valence-electron chi connectivity index (χ3n) is 1.92. The minimum atomic E-state index is 0.176. The molecule has 0 bridgehead atoms. The Kier molecular flexibility index (Phi) is 1.15. The highest BCUT2D eigenvalue weighted by Crippen LogP contribution is 2.28. The fraction of sp³-hybridized carbons (Fsp3) is 0.111. The molecule has 0 atom stereocenters. The van der Waals surface area contributed by atoms with Gasteiger partial charge in [0.25, 0.3) is 0 Å². The molecule has 0 spiro atoms. The molecule has 0 radical (unpaired) electrons. The van der Waals surface area contributed by atoms with E-state index in [1.54, 1.807) is 6.07 Å². The van der Waals surface area contributed by atoms with Crippen molar-refractivity contribution in [3.8, 4) is 5.75 Å². The monoisotopic (exact) mass is 147 g/mol. The first-order valence-electron chi connectivity index (χ1n) is 3.55. The average molecular weight is 147 g/mol. The summed E-state index contributed by atoms with van der Waals surface area (Å²) in [7, 11) is 0. The van der Waals surface area contributed by atoms with E-state index >= 15 is 0 Å². The second kappa shape index (κ2) is 2.02. The minimum absolute atomic E-state index is 0.176. The van der Waals surface area contributed by atoms with Crippen molar-refractivity contribution in [2.24, 2.45) is 0 Å². The maximum absolute atomic E-state index is 9.22. The number of nitrogen functional groups attached to an aromatic ring is 1. The van der Waals surface area contributed by atoms with Crippen LogP contribution in [-0.2, 0) is 6.42 Å².